The van der Waals surface area contributed by atoms with Crippen molar-refractivity contribution in [3.8, 4) is 0 Å². The molecule has 0 fully saturated rings. The molecular formula is C11H14ClF3N2O2S. The second kappa shape index (κ2) is 6.64. The Morgan fingerprint density at radius 1 is 1.25 bits per heavy atom. The van der Waals surface area contributed by atoms with E-state index in [1.54, 1.807) is 0 Å². The lowest BCUT2D eigenvalue weighted by atomic mass is 10.2. The molecule has 0 saturated heterocycles. The lowest BCUT2D eigenvalue weighted by molar-refractivity contribution is -0.135. The number of unbranched alkanes of at least 4 members (excludes halogenated alkanes) is 1. The van der Waals surface area contributed by atoms with Crippen molar-refractivity contribution in [1.29, 1.82) is 0 Å². The molecule has 0 aliphatic carbocycles. The molecule has 9 heteroatoms. The number of nitrogens with one attached hydrogen (secondary N) is 1. The summed E-state index contributed by atoms with van der Waals surface area (Å²) in [6, 6.07) is 3.98. The van der Waals surface area contributed by atoms with Gasteiger partial charge in [-0.25, -0.2) is 13.1 Å². The van der Waals surface area contributed by atoms with Crippen LogP contribution in [-0.4, -0.2) is 21.1 Å². The van der Waals surface area contributed by atoms with Crippen molar-refractivity contribution in [2.75, 3.05) is 12.3 Å². The number of nitrogens with two attached hydrogens (primary N) is 1. The van der Waals surface area contributed by atoms with Crippen LogP contribution in [0.1, 0.15) is 19.3 Å². The molecule has 1 aromatic rings. The summed E-state index contributed by atoms with van der Waals surface area (Å²) in [5.41, 5.74) is 5.56. The fourth-order valence-corrected chi connectivity index (χ4v) is 2.94. The number of hydrogen-bond acceptors (Lipinski definition) is 3. The average Bonchev–Trinajstić information content (AvgIpc) is 2.30. The first-order valence-corrected chi connectivity index (χ1v) is 7.59. The third kappa shape index (κ3) is 5.56. The highest BCUT2D eigenvalue weighted by Gasteiger charge is 2.26. The van der Waals surface area contributed by atoms with Crippen molar-refractivity contribution < 1.29 is 21.6 Å². The van der Waals surface area contributed by atoms with Gasteiger partial charge in [-0.05, 0) is 31.0 Å². The van der Waals surface area contributed by atoms with Crippen molar-refractivity contribution in [1.82, 2.24) is 4.72 Å². The summed E-state index contributed by atoms with van der Waals surface area (Å²) in [5.74, 6) is 0. The van der Waals surface area contributed by atoms with Gasteiger partial charge >= 0.3 is 6.18 Å². The number of halogens is 4. The first kappa shape index (κ1) is 17.1. The largest absolute Gasteiger partial charge is 0.398 e. The predicted molar refractivity (Wildman–Crippen MR) is 71.0 cm³/mol. The summed E-state index contributed by atoms with van der Waals surface area (Å²) >= 11 is 5.68. The van der Waals surface area contributed by atoms with E-state index in [-0.39, 0.29) is 35.0 Å². The number of nitrogen functional groups attached to an aromatic ring is 1. The van der Waals surface area contributed by atoms with Crippen LogP contribution in [0.4, 0.5) is 18.9 Å². The molecule has 0 spiro atoms. The lowest BCUT2D eigenvalue weighted by Crippen LogP contribution is -2.25. The highest BCUT2D eigenvalue weighted by Crippen LogP contribution is 2.23. The molecule has 0 unspecified atom stereocenters. The number of hydrogen-bond donors (Lipinski definition) is 2. The van der Waals surface area contributed by atoms with E-state index in [9.17, 15) is 21.6 Å². The van der Waals surface area contributed by atoms with Gasteiger partial charge in [-0.1, -0.05) is 11.6 Å². The van der Waals surface area contributed by atoms with Gasteiger partial charge in [0.15, 0.2) is 0 Å². The highest BCUT2D eigenvalue weighted by atomic mass is 35.5. The van der Waals surface area contributed by atoms with Crippen molar-refractivity contribution in [3.05, 3.63) is 23.2 Å². The van der Waals surface area contributed by atoms with Crippen LogP contribution < -0.4 is 10.5 Å². The smallest absolute Gasteiger partial charge is 0.389 e. The maximum absolute atomic E-state index is 11.9. The van der Waals surface area contributed by atoms with Crippen molar-refractivity contribution in [2.45, 2.75) is 30.3 Å². The molecule has 0 atom stereocenters. The Hall–Kier alpha value is -0.990. The molecule has 4 nitrogen and oxygen atoms in total. The van der Waals surface area contributed by atoms with Crippen molar-refractivity contribution in [2.24, 2.45) is 0 Å². The maximum Gasteiger partial charge on any atom is 0.389 e. The molecule has 0 aromatic heterocycles. The lowest BCUT2D eigenvalue weighted by Gasteiger charge is -2.10. The third-order valence-corrected chi connectivity index (χ3v) is 4.20. The van der Waals surface area contributed by atoms with E-state index in [0.29, 0.717) is 0 Å². The van der Waals surface area contributed by atoms with E-state index in [0.717, 1.165) is 0 Å². The SMILES string of the molecule is Nc1ccc(Cl)cc1S(=O)(=O)NCCCCC(F)(F)F. The maximum atomic E-state index is 11.9. The van der Waals surface area contributed by atoms with Gasteiger partial charge < -0.3 is 5.73 Å². The summed E-state index contributed by atoms with van der Waals surface area (Å²) in [6.45, 7) is -0.0929. The summed E-state index contributed by atoms with van der Waals surface area (Å²) in [5, 5.41) is 0.205. The molecule has 0 aliphatic heterocycles. The summed E-state index contributed by atoms with van der Waals surface area (Å²) in [4.78, 5) is -0.180. The summed E-state index contributed by atoms with van der Waals surface area (Å²) in [6.07, 6.45) is -5.22. The van der Waals surface area contributed by atoms with Crippen LogP contribution >= 0.6 is 11.6 Å². The zero-order valence-corrected chi connectivity index (χ0v) is 11.9. The number of rotatable bonds is 6. The van der Waals surface area contributed by atoms with Crippen LogP contribution in [0.5, 0.6) is 0 Å². The molecule has 0 heterocycles. The molecule has 0 saturated carbocycles. The van der Waals surface area contributed by atoms with Crippen LogP contribution in [0.15, 0.2) is 23.1 Å². The van der Waals surface area contributed by atoms with Crippen LogP contribution in [0.3, 0.4) is 0 Å². The predicted octanol–water partition coefficient (Wildman–Crippen LogP) is 2.93. The molecule has 1 aromatic carbocycles. The molecule has 3 N–H and O–H groups in total. The van der Waals surface area contributed by atoms with Gasteiger partial charge in [0.05, 0.1) is 5.69 Å². The zero-order valence-electron chi connectivity index (χ0n) is 10.4. The average molecular weight is 331 g/mol. The number of benzene rings is 1. The second-order valence-electron chi connectivity index (χ2n) is 4.15. The van der Waals surface area contributed by atoms with Gasteiger partial charge in [-0.3, -0.25) is 0 Å². The zero-order chi connectivity index (χ0) is 15.4. The topological polar surface area (TPSA) is 72.2 Å². The van der Waals surface area contributed by atoms with Gasteiger partial charge in [-0.2, -0.15) is 13.2 Å². The quantitative estimate of drug-likeness (QED) is 0.622. The Morgan fingerprint density at radius 2 is 1.90 bits per heavy atom. The van der Waals surface area contributed by atoms with Crippen LogP contribution in [-0.2, 0) is 10.0 Å². The molecular weight excluding hydrogens is 317 g/mol. The molecule has 0 radical (unpaired) electrons. The number of anilines is 1. The Labute approximate surface area is 120 Å². The molecule has 1 rings (SSSR count). The highest BCUT2D eigenvalue weighted by molar-refractivity contribution is 7.89. The van der Waals surface area contributed by atoms with E-state index in [4.69, 9.17) is 17.3 Å². The van der Waals surface area contributed by atoms with Gasteiger partial charge in [-0.15, -0.1) is 0 Å². The first-order chi connectivity index (χ1) is 9.12. The van der Waals surface area contributed by atoms with Gasteiger partial charge in [0.2, 0.25) is 10.0 Å². The van der Waals surface area contributed by atoms with E-state index in [1.165, 1.54) is 18.2 Å². The Balaban J connectivity index is 2.56. The Bertz CT molecular complexity index is 561. The molecule has 0 amide bonds. The Morgan fingerprint density at radius 3 is 2.50 bits per heavy atom. The minimum atomic E-state index is -4.23. The fraction of sp³-hybridized carbons (Fsp3) is 0.455. The summed E-state index contributed by atoms with van der Waals surface area (Å²) in [7, 11) is -3.87. The van der Waals surface area contributed by atoms with Gasteiger partial charge in [0, 0.05) is 18.0 Å². The molecule has 0 aliphatic rings. The number of sulfonamides is 1. The summed E-state index contributed by atoms with van der Waals surface area (Å²) < 4.78 is 61.7. The van der Waals surface area contributed by atoms with E-state index in [1.807, 2.05) is 0 Å². The molecule has 0 bridgehead atoms. The minimum absolute atomic E-state index is 0.0252. The first-order valence-electron chi connectivity index (χ1n) is 5.73. The Kier molecular flexibility index (Phi) is 5.67. The second-order valence-corrected chi connectivity index (χ2v) is 6.32. The van der Waals surface area contributed by atoms with E-state index >= 15 is 0 Å². The van der Waals surface area contributed by atoms with Crippen LogP contribution in [0, 0.1) is 0 Å². The van der Waals surface area contributed by atoms with E-state index < -0.39 is 22.6 Å². The monoisotopic (exact) mass is 330 g/mol. The van der Waals surface area contributed by atoms with Gasteiger partial charge in [0.1, 0.15) is 4.90 Å². The normalized spacial score (nSPS) is 12.6. The molecule has 114 valence electrons. The third-order valence-electron chi connectivity index (χ3n) is 2.44. The number of alkyl halides is 3. The van der Waals surface area contributed by atoms with Crippen molar-refractivity contribution in [3.63, 3.8) is 0 Å². The minimum Gasteiger partial charge on any atom is -0.398 e. The van der Waals surface area contributed by atoms with Crippen LogP contribution in [0.25, 0.3) is 0 Å². The standard InChI is InChI=1S/C11H14ClF3N2O2S/c12-8-3-4-9(16)10(7-8)20(18,19)17-6-2-1-5-11(13,14)15/h3-4,7,17H,1-2,5-6,16H2. The van der Waals surface area contributed by atoms with Crippen molar-refractivity contribution >= 4 is 27.3 Å². The molecule has 20 heavy (non-hydrogen) atoms. The van der Waals surface area contributed by atoms with Crippen LogP contribution in [0.2, 0.25) is 5.02 Å². The fourth-order valence-electron chi connectivity index (χ4n) is 1.48. The van der Waals surface area contributed by atoms with Gasteiger partial charge in [0.25, 0.3) is 0 Å². The van der Waals surface area contributed by atoms with E-state index in [2.05, 4.69) is 4.72 Å².